The molecule has 0 aromatic heterocycles. The maximum absolute atomic E-state index is 6.09. The van der Waals surface area contributed by atoms with Crippen LogP contribution in [0.5, 0.6) is 0 Å². The van der Waals surface area contributed by atoms with Crippen LogP contribution in [0.3, 0.4) is 0 Å². The highest BCUT2D eigenvalue weighted by molar-refractivity contribution is 5.49. The zero-order valence-corrected chi connectivity index (χ0v) is 12.4. The predicted octanol–water partition coefficient (Wildman–Crippen LogP) is 4.26. The number of nitrogens with zero attached hydrogens (tertiary/aromatic N) is 1. The van der Waals surface area contributed by atoms with Crippen LogP contribution in [-0.2, 0) is 0 Å². The lowest BCUT2D eigenvalue weighted by Gasteiger charge is -2.31. The summed E-state index contributed by atoms with van der Waals surface area (Å²) in [6, 6.07) is 9.84. The zero-order chi connectivity index (χ0) is 13.7. The van der Waals surface area contributed by atoms with E-state index in [1.54, 1.807) is 0 Å². The Balaban J connectivity index is 2.14. The third-order valence-corrected chi connectivity index (χ3v) is 4.44. The number of hydrogen-bond acceptors (Lipinski definition) is 2. The standard InChI is InChI=1S/C17H28N2/c1-3-15-8-6-5-7-13-19(15)16-11-9-14(10-12-16)17(18)4-2/h9-12,15,17H,3-8,13,18H2,1-2H3. The van der Waals surface area contributed by atoms with Crippen LogP contribution in [-0.4, -0.2) is 12.6 Å². The summed E-state index contributed by atoms with van der Waals surface area (Å²) in [4.78, 5) is 2.61. The summed E-state index contributed by atoms with van der Waals surface area (Å²) in [5.74, 6) is 0. The fraction of sp³-hybridized carbons (Fsp3) is 0.647. The molecule has 1 fully saturated rings. The molecule has 0 aliphatic carbocycles. The predicted molar refractivity (Wildman–Crippen MR) is 83.6 cm³/mol. The van der Waals surface area contributed by atoms with Gasteiger partial charge in [0.1, 0.15) is 0 Å². The van der Waals surface area contributed by atoms with Gasteiger partial charge in [-0.1, -0.05) is 38.8 Å². The van der Waals surface area contributed by atoms with Gasteiger partial charge in [0.25, 0.3) is 0 Å². The van der Waals surface area contributed by atoms with E-state index >= 15 is 0 Å². The van der Waals surface area contributed by atoms with Crippen molar-refractivity contribution in [3.63, 3.8) is 0 Å². The lowest BCUT2D eigenvalue weighted by molar-refractivity contribution is 0.556. The van der Waals surface area contributed by atoms with Crippen LogP contribution < -0.4 is 10.6 Å². The highest BCUT2D eigenvalue weighted by Crippen LogP contribution is 2.27. The number of nitrogens with two attached hydrogens (primary N) is 1. The second kappa shape index (κ2) is 6.95. The Morgan fingerprint density at radius 2 is 1.89 bits per heavy atom. The Bertz CT molecular complexity index is 371. The maximum atomic E-state index is 6.09. The van der Waals surface area contributed by atoms with Gasteiger partial charge < -0.3 is 10.6 Å². The van der Waals surface area contributed by atoms with Crippen molar-refractivity contribution in [1.82, 2.24) is 0 Å². The number of anilines is 1. The van der Waals surface area contributed by atoms with Gasteiger partial charge in [0.05, 0.1) is 0 Å². The maximum Gasteiger partial charge on any atom is 0.0368 e. The van der Waals surface area contributed by atoms with Gasteiger partial charge in [0.15, 0.2) is 0 Å². The monoisotopic (exact) mass is 260 g/mol. The Morgan fingerprint density at radius 1 is 1.16 bits per heavy atom. The van der Waals surface area contributed by atoms with Crippen molar-refractivity contribution < 1.29 is 0 Å². The lowest BCUT2D eigenvalue weighted by atomic mass is 10.0. The molecule has 0 radical (unpaired) electrons. The molecule has 2 atom stereocenters. The molecule has 1 aromatic rings. The van der Waals surface area contributed by atoms with Gasteiger partial charge in [0, 0.05) is 24.3 Å². The van der Waals surface area contributed by atoms with Gasteiger partial charge in [-0.05, 0) is 43.4 Å². The average Bonchev–Trinajstić information content (AvgIpc) is 2.71. The highest BCUT2D eigenvalue weighted by atomic mass is 15.2. The number of benzene rings is 1. The summed E-state index contributed by atoms with van der Waals surface area (Å²) in [7, 11) is 0. The second-order valence-electron chi connectivity index (χ2n) is 5.71. The molecule has 1 aliphatic heterocycles. The van der Waals surface area contributed by atoms with Crippen LogP contribution in [0, 0.1) is 0 Å². The molecule has 1 aromatic carbocycles. The molecule has 0 spiro atoms. The minimum atomic E-state index is 0.181. The van der Waals surface area contributed by atoms with Crippen molar-refractivity contribution in [2.75, 3.05) is 11.4 Å². The van der Waals surface area contributed by atoms with E-state index < -0.39 is 0 Å². The molecule has 0 saturated carbocycles. The van der Waals surface area contributed by atoms with Crippen molar-refractivity contribution in [3.8, 4) is 0 Å². The quantitative estimate of drug-likeness (QED) is 0.876. The molecule has 2 unspecified atom stereocenters. The topological polar surface area (TPSA) is 29.3 Å². The van der Waals surface area contributed by atoms with E-state index in [4.69, 9.17) is 5.73 Å². The van der Waals surface area contributed by atoms with Gasteiger partial charge in [-0.25, -0.2) is 0 Å². The molecule has 2 N–H and O–H groups in total. The van der Waals surface area contributed by atoms with E-state index in [1.807, 2.05) is 0 Å². The smallest absolute Gasteiger partial charge is 0.0368 e. The molecule has 19 heavy (non-hydrogen) atoms. The first kappa shape index (κ1) is 14.4. The number of hydrogen-bond donors (Lipinski definition) is 1. The van der Waals surface area contributed by atoms with E-state index in [1.165, 1.54) is 49.9 Å². The third-order valence-electron chi connectivity index (χ3n) is 4.44. The van der Waals surface area contributed by atoms with E-state index in [-0.39, 0.29) is 6.04 Å². The van der Waals surface area contributed by atoms with Gasteiger partial charge in [-0.2, -0.15) is 0 Å². The first-order valence-corrected chi connectivity index (χ1v) is 7.88. The summed E-state index contributed by atoms with van der Waals surface area (Å²) >= 11 is 0. The molecule has 2 rings (SSSR count). The zero-order valence-electron chi connectivity index (χ0n) is 12.4. The fourth-order valence-corrected chi connectivity index (χ4v) is 3.09. The molecule has 1 saturated heterocycles. The normalized spacial score (nSPS) is 22.1. The second-order valence-corrected chi connectivity index (χ2v) is 5.71. The van der Waals surface area contributed by atoms with Crippen molar-refractivity contribution >= 4 is 5.69 Å². The van der Waals surface area contributed by atoms with Gasteiger partial charge in [0.2, 0.25) is 0 Å². The molecule has 0 amide bonds. The van der Waals surface area contributed by atoms with Gasteiger partial charge in [-0.15, -0.1) is 0 Å². The largest absolute Gasteiger partial charge is 0.369 e. The van der Waals surface area contributed by atoms with Crippen molar-refractivity contribution in [3.05, 3.63) is 29.8 Å². The van der Waals surface area contributed by atoms with E-state index in [9.17, 15) is 0 Å². The summed E-state index contributed by atoms with van der Waals surface area (Å²) in [5.41, 5.74) is 8.72. The third kappa shape index (κ3) is 3.50. The molecule has 1 aliphatic rings. The highest BCUT2D eigenvalue weighted by Gasteiger charge is 2.19. The minimum absolute atomic E-state index is 0.181. The Morgan fingerprint density at radius 3 is 2.53 bits per heavy atom. The summed E-state index contributed by atoms with van der Waals surface area (Å²) < 4.78 is 0. The summed E-state index contributed by atoms with van der Waals surface area (Å²) in [5, 5.41) is 0. The van der Waals surface area contributed by atoms with Crippen molar-refractivity contribution in [1.29, 1.82) is 0 Å². The molecule has 106 valence electrons. The SMILES string of the molecule is CCC(N)c1ccc(N2CCCCCC2CC)cc1. The van der Waals surface area contributed by atoms with Crippen LogP contribution in [0.2, 0.25) is 0 Å². The van der Waals surface area contributed by atoms with Crippen LogP contribution in [0.25, 0.3) is 0 Å². The van der Waals surface area contributed by atoms with E-state index in [0.29, 0.717) is 6.04 Å². The summed E-state index contributed by atoms with van der Waals surface area (Å²) in [6.45, 7) is 5.66. The molecule has 2 heteroatoms. The first-order valence-electron chi connectivity index (χ1n) is 7.88. The Hall–Kier alpha value is -1.02. The first-order chi connectivity index (χ1) is 9.26. The van der Waals surface area contributed by atoms with Crippen LogP contribution in [0.4, 0.5) is 5.69 Å². The Labute approximate surface area is 118 Å². The average molecular weight is 260 g/mol. The molecular formula is C17H28N2. The lowest BCUT2D eigenvalue weighted by Crippen LogP contribution is -2.34. The minimum Gasteiger partial charge on any atom is -0.369 e. The molecule has 1 heterocycles. The van der Waals surface area contributed by atoms with Gasteiger partial charge in [-0.3, -0.25) is 0 Å². The van der Waals surface area contributed by atoms with Crippen LogP contribution >= 0.6 is 0 Å². The summed E-state index contributed by atoms with van der Waals surface area (Å²) in [6.07, 6.45) is 7.68. The Kier molecular flexibility index (Phi) is 5.26. The number of rotatable bonds is 4. The molecular weight excluding hydrogens is 232 g/mol. The van der Waals surface area contributed by atoms with Crippen molar-refractivity contribution in [2.24, 2.45) is 5.73 Å². The van der Waals surface area contributed by atoms with E-state index in [2.05, 4.69) is 43.0 Å². The van der Waals surface area contributed by atoms with Crippen LogP contribution in [0.1, 0.15) is 64.0 Å². The van der Waals surface area contributed by atoms with Crippen molar-refractivity contribution in [2.45, 2.75) is 64.5 Å². The molecule has 2 nitrogen and oxygen atoms in total. The van der Waals surface area contributed by atoms with Crippen LogP contribution in [0.15, 0.2) is 24.3 Å². The van der Waals surface area contributed by atoms with E-state index in [0.717, 1.165) is 6.42 Å². The van der Waals surface area contributed by atoms with Gasteiger partial charge >= 0.3 is 0 Å². The molecule has 0 bridgehead atoms. The fourth-order valence-electron chi connectivity index (χ4n) is 3.09.